The molecule has 1 aliphatic carbocycles. The van der Waals surface area contributed by atoms with Crippen molar-refractivity contribution in [3.63, 3.8) is 0 Å². The molecular weight excluding hydrogens is 410 g/mol. The van der Waals surface area contributed by atoms with Gasteiger partial charge in [0, 0.05) is 36.5 Å². The fourth-order valence-corrected chi connectivity index (χ4v) is 5.20. The van der Waals surface area contributed by atoms with Crippen molar-refractivity contribution in [3.05, 3.63) is 29.3 Å². The number of ether oxygens (including phenoxy) is 2. The molecule has 0 radical (unpaired) electrons. The van der Waals surface area contributed by atoms with Gasteiger partial charge in [-0.3, -0.25) is 19.7 Å². The minimum atomic E-state index is -0.597. The predicted octanol–water partition coefficient (Wildman–Crippen LogP) is 1.76. The summed E-state index contributed by atoms with van der Waals surface area (Å²) < 4.78 is 11.8. The molecule has 3 atom stereocenters. The second-order valence-corrected chi connectivity index (χ2v) is 9.95. The van der Waals surface area contributed by atoms with Crippen LogP contribution in [0.3, 0.4) is 0 Å². The predicted molar refractivity (Wildman–Crippen MR) is 116 cm³/mol. The lowest BCUT2D eigenvalue weighted by Gasteiger charge is -2.41. The number of amides is 3. The van der Waals surface area contributed by atoms with Crippen LogP contribution in [-0.2, 0) is 20.9 Å². The Labute approximate surface area is 188 Å². The molecule has 2 saturated heterocycles. The van der Waals surface area contributed by atoms with Crippen molar-refractivity contribution in [2.45, 2.75) is 70.2 Å². The van der Waals surface area contributed by atoms with Gasteiger partial charge in [-0.15, -0.1) is 0 Å². The highest BCUT2D eigenvalue weighted by molar-refractivity contribution is 6.05. The smallest absolute Gasteiger partial charge is 0.255 e. The van der Waals surface area contributed by atoms with Crippen molar-refractivity contribution in [2.75, 3.05) is 19.8 Å². The summed E-state index contributed by atoms with van der Waals surface area (Å²) in [6.45, 7) is 5.15. The topological polar surface area (TPSA) is 97.0 Å². The summed E-state index contributed by atoms with van der Waals surface area (Å²) in [5.41, 5.74) is 1.70. The second-order valence-electron chi connectivity index (χ2n) is 9.95. The summed E-state index contributed by atoms with van der Waals surface area (Å²) >= 11 is 0. The van der Waals surface area contributed by atoms with Crippen LogP contribution in [-0.4, -0.2) is 60.6 Å². The summed E-state index contributed by atoms with van der Waals surface area (Å²) in [7, 11) is 0. The van der Waals surface area contributed by atoms with E-state index in [4.69, 9.17) is 9.47 Å². The van der Waals surface area contributed by atoms with Crippen LogP contribution in [0, 0.1) is 5.41 Å². The molecule has 5 rings (SSSR count). The third-order valence-corrected chi connectivity index (χ3v) is 7.18. The van der Waals surface area contributed by atoms with Crippen LogP contribution in [0.1, 0.15) is 61.4 Å². The number of fused-ring (bicyclic) bond motifs is 1. The third-order valence-electron chi connectivity index (χ3n) is 7.18. The van der Waals surface area contributed by atoms with Gasteiger partial charge in [0.2, 0.25) is 11.8 Å². The zero-order chi connectivity index (χ0) is 22.3. The quantitative estimate of drug-likeness (QED) is 0.653. The highest BCUT2D eigenvalue weighted by atomic mass is 16.5. The van der Waals surface area contributed by atoms with Crippen molar-refractivity contribution in [1.82, 2.24) is 15.5 Å². The summed E-state index contributed by atoms with van der Waals surface area (Å²) in [4.78, 5) is 38.2. The number of nitrogens with zero attached hydrogens (tertiary/aromatic N) is 1. The third kappa shape index (κ3) is 4.13. The second kappa shape index (κ2) is 8.48. The Kier molecular flexibility index (Phi) is 5.67. The molecule has 4 aliphatic rings. The summed E-state index contributed by atoms with van der Waals surface area (Å²) in [6.07, 6.45) is 5.16. The highest BCUT2D eigenvalue weighted by Crippen LogP contribution is 2.32. The lowest BCUT2D eigenvalue weighted by atomic mass is 9.86. The molecule has 3 fully saturated rings. The largest absolute Gasteiger partial charge is 0.489 e. The Bertz CT molecular complexity index is 928. The standard InChI is InChI=1S/C24H31N3O5/c1-24(13-31-14-24)12-25-18-4-2-3-5-20(18)32-16-6-7-17-15(10-16)11-27(23(17)30)19-8-9-21(28)26-22(19)29/h6-7,10,18-20,25H,2-5,8-9,11-14H2,1H3,(H,26,28,29)/t18-,19?,20+/m1/s1. The van der Waals surface area contributed by atoms with Crippen molar-refractivity contribution >= 4 is 17.7 Å². The van der Waals surface area contributed by atoms with Gasteiger partial charge in [0.1, 0.15) is 17.9 Å². The van der Waals surface area contributed by atoms with Gasteiger partial charge in [-0.2, -0.15) is 0 Å². The molecule has 1 aromatic rings. The van der Waals surface area contributed by atoms with Crippen LogP contribution in [0.5, 0.6) is 5.75 Å². The van der Waals surface area contributed by atoms with E-state index in [-0.39, 0.29) is 35.7 Å². The fraction of sp³-hybridized carbons (Fsp3) is 0.625. The van der Waals surface area contributed by atoms with E-state index < -0.39 is 6.04 Å². The maximum atomic E-state index is 12.9. The van der Waals surface area contributed by atoms with Gasteiger partial charge in [-0.1, -0.05) is 13.3 Å². The van der Waals surface area contributed by atoms with Crippen molar-refractivity contribution in [3.8, 4) is 5.75 Å². The first kappa shape index (κ1) is 21.4. The van der Waals surface area contributed by atoms with Crippen LogP contribution >= 0.6 is 0 Å². The molecule has 2 N–H and O–H groups in total. The number of hydrogen-bond donors (Lipinski definition) is 2. The number of rotatable bonds is 6. The SMILES string of the molecule is CC1(CN[C@@H]2CCCC[C@@H]2Oc2ccc3c(c2)CN(C2CCC(=O)NC2=O)C3=O)COC1. The summed E-state index contributed by atoms with van der Waals surface area (Å²) in [6, 6.07) is 5.30. The van der Waals surface area contributed by atoms with Gasteiger partial charge in [0.15, 0.2) is 0 Å². The number of hydrogen-bond acceptors (Lipinski definition) is 6. The Morgan fingerprint density at radius 2 is 2.00 bits per heavy atom. The van der Waals surface area contributed by atoms with E-state index in [0.717, 1.165) is 50.3 Å². The molecule has 3 amide bonds. The number of carbonyl (C=O) groups excluding carboxylic acids is 3. The van der Waals surface area contributed by atoms with Crippen LogP contribution in [0.2, 0.25) is 0 Å². The van der Waals surface area contributed by atoms with E-state index >= 15 is 0 Å². The molecule has 8 nitrogen and oxygen atoms in total. The number of benzene rings is 1. The maximum absolute atomic E-state index is 12.9. The van der Waals surface area contributed by atoms with Crippen LogP contribution < -0.4 is 15.4 Å². The monoisotopic (exact) mass is 441 g/mol. The van der Waals surface area contributed by atoms with Crippen molar-refractivity contribution < 1.29 is 23.9 Å². The molecule has 0 aromatic heterocycles. The minimum absolute atomic E-state index is 0.0923. The Morgan fingerprint density at radius 3 is 2.75 bits per heavy atom. The van der Waals surface area contributed by atoms with Crippen LogP contribution in [0.4, 0.5) is 0 Å². The molecule has 8 heteroatoms. The molecule has 32 heavy (non-hydrogen) atoms. The Hall–Kier alpha value is -2.45. The average molecular weight is 442 g/mol. The van der Waals surface area contributed by atoms with E-state index in [0.29, 0.717) is 24.6 Å². The van der Waals surface area contributed by atoms with E-state index in [2.05, 4.69) is 17.6 Å². The first-order valence-electron chi connectivity index (χ1n) is 11.7. The number of imide groups is 1. The van der Waals surface area contributed by atoms with E-state index in [1.54, 1.807) is 11.0 Å². The highest BCUT2D eigenvalue weighted by Gasteiger charge is 2.39. The van der Waals surface area contributed by atoms with Gasteiger partial charge >= 0.3 is 0 Å². The zero-order valence-corrected chi connectivity index (χ0v) is 18.5. The summed E-state index contributed by atoms with van der Waals surface area (Å²) in [5.74, 6) is -0.0612. The van der Waals surface area contributed by atoms with E-state index in [1.807, 2.05) is 12.1 Å². The normalized spacial score (nSPS) is 29.3. The molecule has 1 unspecified atom stereocenters. The average Bonchev–Trinajstić information content (AvgIpc) is 3.07. The van der Waals surface area contributed by atoms with Gasteiger partial charge < -0.3 is 19.7 Å². The lowest BCUT2D eigenvalue weighted by molar-refractivity contribution is -0.136. The zero-order valence-electron chi connectivity index (χ0n) is 18.5. The molecule has 0 spiro atoms. The van der Waals surface area contributed by atoms with Gasteiger partial charge in [-0.25, -0.2) is 0 Å². The molecule has 1 aromatic carbocycles. The van der Waals surface area contributed by atoms with Crippen LogP contribution in [0.25, 0.3) is 0 Å². The van der Waals surface area contributed by atoms with Gasteiger partial charge in [-0.05, 0) is 49.4 Å². The van der Waals surface area contributed by atoms with Crippen molar-refractivity contribution in [1.29, 1.82) is 0 Å². The van der Waals surface area contributed by atoms with Crippen molar-refractivity contribution in [2.24, 2.45) is 5.41 Å². The molecule has 3 aliphatic heterocycles. The lowest BCUT2D eigenvalue weighted by Crippen LogP contribution is -2.53. The number of carbonyl (C=O) groups is 3. The number of nitrogens with one attached hydrogen (secondary N) is 2. The Morgan fingerprint density at radius 1 is 1.19 bits per heavy atom. The first-order chi connectivity index (χ1) is 15.4. The minimum Gasteiger partial charge on any atom is -0.489 e. The van der Waals surface area contributed by atoms with E-state index in [9.17, 15) is 14.4 Å². The van der Waals surface area contributed by atoms with Gasteiger partial charge in [0.05, 0.1) is 13.2 Å². The fourth-order valence-electron chi connectivity index (χ4n) is 5.20. The van der Waals surface area contributed by atoms with Crippen LogP contribution in [0.15, 0.2) is 18.2 Å². The molecule has 3 heterocycles. The first-order valence-corrected chi connectivity index (χ1v) is 11.7. The Balaban J connectivity index is 1.25. The molecule has 172 valence electrons. The number of piperidine rings is 1. The molecular formula is C24H31N3O5. The summed E-state index contributed by atoms with van der Waals surface area (Å²) in [5, 5.41) is 6.06. The molecule has 0 bridgehead atoms. The van der Waals surface area contributed by atoms with Gasteiger partial charge in [0.25, 0.3) is 5.91 Å². The molecule has 1 saturated carbocycles. The van der Waals surface area contributed by atoms with E-state index in [1.165, 1.54) is 6.42 Å². The maximum Gasteiger partial charge on any atom is 0.255 e.